The number of nitrogens with zero attached hydrogens (tertiary/aromatic N) is 2. The van der Waals surface area contributed by atoms with Gasteiger partial charge in [0.15, 0.2) is 5.13 Å². The van der Waals surface area contributed by atoms with Gasteiger partial charge < -0.3 is 15.0 Å². The van der Waals surface area contributed by atoms with Gasteiger partial charge >= 0.3 is 5.97 Å². The zero-order valence-electron chi connectivity index (χ0n) is 11.7. The first kappa shape index (κ1) is 14.3. The number of nitrogens with one attached hydrogen (secondary N) is 1. The number of hydrogen-bond acceptors (Lipinski definition) is 6. The van der Waals surface area contributed by atoms with Crippen molar-refractivity contribution >= 4 is 22.4 Å². The van der Waals surface area contributed by atoms with Crippen LogP contribution in [0.25, 0.3) is 0 Å². The first-order valence-electron chi connectivity index (χ1n) is 6.58. The van der Waals surface area contributed by atoms with Crippen molar-refractivity contribution in [1.82, 2.24) is 9.88 Å². The summed E-state index contributed by atoms with van der Waals surface area (Å²) in [5.41, 5.74) is 0.736. The number of piperidine rings is 1. The fourth-order valence-corrected chi connectivity index (χ4v) is 3.32. The lowest BCUT2D eigenvalue weighted by atomic mass is 9.99. The summed E-state index contributed by atoms with van der Waals surface area (Å²) < 4.78 is 4.74. The molecule has 1 N–H and O–H groups in total. The highest BCUT2D eigenvalue weighted by Crippen LogP contribution is 2.24. The largest absolute Gasteiger partial charge is 0.465 e. The Kier molecular flexibility index (Phi) is 4.76. The van der Waals surface area contributed by atoms with Crippen molar-refractivity contribution in [2.75, 3.05) is 39.1 Å². The van der Waals surface area contributed by atoms with Crippen LogP contribution in [0, 0.1) is 12.8 Å². The van der Waals surface area contributed by atoms with Crippen molar-refractivity contribution in [3.05, 3.63) is 10.6 Å². The predicted molar refractivity (Wildman–Crippen MR) is 76.9 cm³/mol. The Morgan fingerprint density at radius 2 is 2.42 bits per heavy atom. The van der Waals surface area contributed by atoms with Crippen molar-refractivity contribution in [2.24, 2.45) is 5.92 Å². The lowest BCUT2D eigenvalue weighted by Crippen LogP contribution is -2.35. The van der Waals surface area contributed by atoms with Gasteiger partial charge in [0.1, 0.15) is 4.88 Å². The molecule has 6 heteroatoms. The summed E-state index contributed by atoms with van der Waals surface area (Å²) in [6, 6.07) is 0. The molecule has 1 saturated heterocycles. The number of rotatable bonds is 4. The predicted octanol–water partition coefficient (Wildman–Crippen LogP) is 1.99. The number of carbonyl (C=O) groups excluding carboxylic acids is 1. The number of aryl methyl sites for hydroxylation is 1. The lowest BCUT2D eigenvalue weighted by Gasteiger charge is -2.29. The number of thiazole rings is 1. The maximum Gasteiger partial charge on any atom is 0.350 e. The molecule has 0 radical (unpaired) electrons. The number of hydrogen-bond donors (Lipinski definition) is 1. The van der Waals surface area contributed by atoms with Crippen molar-refractivity contribution in [2.45, 2.75) is 19.8 Å². The van der Waals surface area contributed by atoms with Crippen LogP contribution >= 0.6 is 11.3 Å². The molecular formula is C13H21N3O2S. The van der Waals surface area contributed by atoms with E-state index in [1.54, 1.807) is 0 Å². The van der Waals surface area contributed by atoms with Crippen LogP contribution in [0.15, 0.2) is 0 Å². The number of methoxy groups -OCH3 is 1. The summed E-state index contributed by atoms with van der Waals surface area (Å²) in [6.07, 6.45) is 2.51. The Bertz CT molecular complexity index is 447. The van der Waals surface area contributed by atoms with E-state index in [1.807, 2.05) is 6.92 Å². The molecule has 1 aromatic heterocycles. The Labute approximate surface area is 118 Å². The minimum atomic E-state index is -0.305. The lowest BCUT2D eigenvalue weighted by molar-refractivity contribution is 0.0605. The molecule has 1 aliphatic rings. The molecule has 0 aliphatic carbocycles. The average molecular weight is 283 g/mol. The van der Waals surface area contributed by atoms with Crippen molar-refractivity contribution in [1.29, 1.82) is 0 Å². The van der Waals surface area contributed by atoms with E-state index in [0.717, 1.165) is 23.9 Å². The Hall–Kier alpha value is -1.14. The first-order chi connectivity index (χ1) is 9.10. The van der Waals surface area contributed by atoms with Gasteiger partial charge in [-0.3, -0.25) is 0 Å². The van der Waals surface area contributed by atoms with Crippen LogP contribution in [0.1, 0.15) is 28.2 Å². The molecule has 2 heterocycles. The highest BCUT2D eigenvalue weighted by molar-refractivity contribution is 7.17. The Morgan fingerprint density at radius 3 is 3.11 bits per heavy atom. The SMILES string of the molecule is COC(=O)c1sc(NCC2CCCN(C)C2)nc1C. The normalized spacial score (nSPS) is 20.3. The van der Waals surface area contributed by atoms with Gasteiger partial charge in [-0.15, -0.1) is 0 Å². The second kappa shape index (κ2) is 6.34. The number of carbonyl (C=O) groups is 1. The third kappa shape index (κ3) is 3.67. The number of likely N-dealkylation sites (tertiary alicyclic amines) is 1. The summed E-state index contributed by atoms with van der Waals surface area (Å²) in [7, 11) is 3.56. The maximum absolute atomic E-state index is 11.5. The van der Waals surface area contributed by atoms with Crippen LogP contribution in [0.5, 0.6) is 0 Å². The van der Waals surface area contributed by atoms with E-state index >= 15 is 0 Å². The summed E-state index contributed by atoms with van der Waals surface area (Å²) in [5.74, 6) is 0.352. The molecule has 2 rings (SSSR count). The molecule has 19 heavy (non-hydrogen) atoms. The molecule has 1 atom stereocenters. The van der Waals surface area contributed by atoms with Crippen molar-refractivity contribution in [3.63, 3.8) is 0 Å². The summed E-state index contributed by atoms with van der Waals surface area (Å²) in [4.78, 5) is 18.8. The molecule has 0 aromatic carbocycles. The van der Waals surface area contributed by atoms with Crippen molar-refractivity contribution < 1.29 is 9.53 Å². The zero-order valence-corrected chi connectivity index (χ0v) is 12.5. The molecule has 5 nitrogen and oxygen atoms in total. The van der Waals surface area contributed by atoms with Gasteiger partial charge in [0.25, 0.3) is 0 Å². The molecule has 0 saturated carbocycles. The van der Waals surface area contributed by atoms with Crippen LogP contribution in [-0.4, -0.2) is 49.6 Å². The second-order valence-electron chi connectivity index (χ2n) is 5.08. The second-order valence-corrected chi connectivity index (χ2v) is 6.08. The maximum atomic E-state index is 11.5. The van der Waals surface area contributed by atoms with Gasteiger partial charge in [0.05, 0.1) is 12.8 Å². The van der Waals surface area contributed by atoms with E-state index in [1.165, 1.54) is 37.8 Å². The van der Waals surface area contributed by atoms with Crippen LogP contribution in [0.2, 0.25) is 0 Å². The van der Waals surface area contributed by atoms with E-state index in [0.29, 0.717) is 10.8 Å². The number of esters is 1. The highest BCUT2D eigenvalue weighted by Gasteiger charge is 2.19. The third-order valence-electron chi connectivity index (χ3n) is 3.43. The van der Waals surface area contributed by atoms with Gasteiger partial charge in [-0.05, 0) is 39.3 Å². The van der Waals surface area contributed by atoms with E-state index in [2.05, 4.69) is 22.2 Å². The minimum absolute atomic E-state index is 0.305. The Morgan fingerprint density at radius 1 is 1.63 bits per heavy atom. The van der Waals surface area contributed by atoms with E-state index in [-0.39, 0.29) is 5.97 Å². The summed E-state index contributed by atoms with van der Waals surface area (Å²) in [5, 5.41) is 4.16. The fraction of sp³-hybridized carbons (Fsp3) is 0.692. The van der Waals surface area contributed by atoms with Gasteiger partial charge in [0, 0.05) is 13.1 Å². The Balaban J connectivity index is 1.91. The van der Waals surface area contributed by atoms with Gasteiger partial charge in [0.2, 0.25) is 0 Å². The molecule has 0 spiro atoms. The summed E-state index contributed by atoms with van der Waals surface area (Å²) in [6.45, 7) is 5.07. The molecule has 106 valence electrons. The third-order valence-corrected chi connectivity index (χ3v) is 4.53. The van der Waals surface area contributed by atoms with Gasteiger partial charge in [-0.2, -0.15) is 0 Å². The first-order valence-corrected chi connectivity index (χ1v) is 7.40. The van der Waals surface area contributed by atoms with E-state index in [4.69, 9.17) is 4.74 Å². The average Bonchev–Trinajstić information content (AvgIpc) is 2.77. The molecule has 1 unspecified atom stereocenters. The topological polar surface area (TPSA) is 54.5 Å². The van der Waals surface area contributed by atoms with Crippen LogP contribution in [0.4, 0.5) is 5.13 Å². The quantitative estimate of drug-likeness (QED) is 0.857. The van der Waals surface area contributed by atoms with Crippen LogP contribution in [0.3, 0.4) is 0 Å². The molecular weight excluding hydrogens is 262 g/mol. The molecule has 1 aromatic rings. The molecule has 1 aliphatic heterocycles. The number of anilines is 1. The smallest absolute Gasteiger partial charge is 0.350 e. The highest BCUT2D eigenvalue weighted by atomic mass is 32.1. The van der Waals surface area contributed by atoms with E-state index < -0.39 is 0 Å². The minimum Gasteiger partial charge on any atom is -0.465 e. The molecule has 1 fully saturated rings. The number of aromatic nitrogens is 1. The van der Waals surface area contributed by atoms with Crippen molar-refractivity contribution in [3.8, 4) is 0 Å². The van der Waals surface area contributed by atoms with E-state index in [9.17, 15) is 4.79 Å². The van der Waals surface area contributed by atoms with Crippen LogP contribution in [-0.2, 0) is 4.74 Å². The monoisotopic (exact) mass is 283 g/mol. The summed E-state index contributed by atoms with van der Waals surface area (Å²) >= 11 is 1.37. The standard InChI is InChI=1S/C13H21N3O2S/c1-9-11(12(17)18-3)19-13(15-9)14-7-10-5-4-6-16(2)8-10/h10H,4-8H2,1-3H3,(H,14,15). The molecule has 0 bridgehead atoms. The van der Waals surface area contributed by atoms with Gasteiger partial charge in [-0.1, -0.05) is 11.3 Å². The molecule has 0 amide bonds. The van der Waals surface area contributed by atoms with Gasteiger partial charge in [-0.25, -0.2) is 9.78 Å². The van der Waals surface area contributed by atoms with Crippen LogP contribution < -0.4 is 5.32 Å². The zero-order chi connectivity index (χ0) is 13.8. The fourth-order valence-electron chi connectivity index (χ4n) is 2.43. The number of ether oxygens (including phenoxy) is 1.